The van der Waals surface area contributed by atoms with E-state index in [2.05, 4.69) is 20.2 Å². The van der Waals surface area contributed by atoms with Gasteiger partial charge in [0.2, 0.25) is 11.1 Å². The van der Waals surface area contributed by atoms with Gasteiger partial charge in [-0.2, -0.15) is 0 Å². The van der Waals surface area contributed by atoms with E-state index in [1.54, 1.807) is 0 Å². The number of carbonyl (C=O) groups excluding carboxylic acids is 1. The highest BCUT2D eigenvalue weighted by molar-refractivity contribution is 7.99. The summed E-state index contributed by atoms with van der Waals surface area (Å²) < 4.78 is 1.27. The maximum absolute atomic E-state index is 13.0. The zero-order valence-corrected chi connectivity index (χ0v) is 18.9. The number of rotatable bonds is 10. The fourth-order valence-electron chi connectivity index (χ4n) is 3.24. The summed E-state index contributed by atoms with van der Waals surface area (Å²) in [5.41, 5.74) is 5.77. The monoisotopic (exact) mass is 457 g/mol. The van der Waals surface area contributed by atoms with Crippen molar-refractivity contribution in [3.8, 4) is 0 Å². The van der Waals surface area contributed by atoms with Gasteiger partial charge < -0.3 is 10.6 Å². The molecule has 11 heteroatoms. The molecule has 1 amide bonds. The Morgan fingerprint density at radius 2 is 1.94 bits per heavy atom. The van der Waals surface area contributed by atoms with Crippen molar-refractivity contribution >= 4 is 29.2 Å². The standard InChI is InChI=1S/C21H27N7O3S/c1-3-8-15-23-20(26-25-15)32-13-16(29)27(11-4-2)17-18(22)28(21(31)24-19(17)30)12-14-9-6-5-7-10-14/h5-7,9-10H,3-4,8,11-13,22H2,1-2H3,(H,23,25,26)(H,24,30,31). The van der Waals surface area contributed by atoms with E-state index in [4.69, 9.17) is 5.73 Å². The van der Waals surface area contributed by atoms with Crippen molar-refractivity contribution in [3.63, 3.8) is 0 Å². The average molecular weight is 458 g/mol. The number of hydrogen-bond acceptors (Lipinski definition) is 7. The van der Waals surface area contributed by atoms with Crippen molar-refractivity contribution in [3.05, 3.63) is 62.6 Å². The van der Waals surface area contributed by atoms with Crippen LogP contribution in [-0.2, 0) is 17.8 Å². The smallest absolute Gasteiger partial charge is 0.330 e. The topological polar surface area (TPSA) is 143 Å². The number of nitrogens with two attached hydrogens (primary N) is 1. The zero-order chi connectivity index (χ0) is 23.1. The molecule has 0 aliphatic rings. The number of nitrogens with one attached hydrogen (secondary N) is 2. The van der Waals surface area contributed by atoms with Gasteiger partial charge in [0.25, 0.3) is 5.56 Å². The van der Waals surface area contributed by atoms with Gasteiger partial charge in [-0.05, 0) is 18.4 Å². The van der Waals surface area contributed by atoms with Crippen molar-refractivity contribution < 1.29 is 4.79 Å². The van der Waals surface area contributed by atoms with Gasteiger partial charge in [0, 0.05) is 13.0 Å². The predicted octanol–water partition coefficient (Wildman–Crippen LogP) is 1.77. The Hall–Kier alpha value is -3.34. The number of amides is 1. The maximum Gasteiger partial charge on any atom is 0.330 e. The van der Waals surface area contributed by atoms with Crippen LogP contribution in [0.1, 0.15) is 38.1 Å². The van der Waals surface area contributed by atoms with Gasteiger partial charge in [-0.25, -0.2) is 9.78 Å². The Labute approximate surface area is 189 Å². The lowest BCUT2D eigenvalue weighted by Crippen LogP contribution is -2.42. The van der Waals surface area contributed by atoms with Crippen LogP contribution in [0.4, 0.5) is 11.5 Å². The quantitative estimate of drug-likeness (QED) is 0.394. The van der Waals surface area contributed by atoms with Gasteiger partial charge >= 0.3 is 5.69 Å². The van der Waals surface area contributed by atoms with E-state index >= 15 is 0 Å². The molecule has 3 rings (SSSR count). The second kappa shape index (κ2) is 10.8. The Morgan fingerprint density at radius 3 is 2.62 bits per heavy atom. The third kappa shape index (κ3) is 5.47. The first kappa shape index (κ1) is 23.3. The third-order valence-corrected chi connectivity index (χ3v) is 5.57. The van der Waals surface area contributed by atoms with Crippen molar-refractivity contribution in [2.45, 2.75) is 44.8 Å². The summed E-state index contributed by atoms with van der Waals surface area (Å²) in [6.07, 6.45) is 2.32. The van der Waals surface area contributed by atoms with E-state index in [9.17, 15) is 14.4 Å². The molecule has 4 N–H and O–H groups in total. The van der Waals surface area contributed by atoms with E-state index in [1.807, 2.05) is 44.2 Å². The number of benzene rings is 1. The molecule has 170 valence electrons. The molecule has 0 radical (unpaired) electrons. The highest BCUT2D eigenvalue weighted by Crippen LogP contribution is 2.21. The van der Waals surface area contributed by atoms with Crippen LogP contribution in [-0.4, -0.2) is 42.9 Å². The average Bonchev–Trinajstić information content (AvgIpc) is 3.23. The van der Waals surface area contributed by atoms with Gasteiger partial charge in [-0.15, -0.1) is 5.10 Å². The lowest BCUT2D eigenvalue weighted by molar-refractivity contribution is -0.116. The number of thioether (sulfide) groups is 1. The van der Waals surface area contributed by atoms with Crippen LogP contribution in [0.3, 0.4) is 0 Å². The molecule has 0 aliphatic carbocycles. The predicted molar refractivity (Wildman–Crippen MR) is 125 cm³/mol. The van der Waals surface area contributed by atoms with E-state index < -0.39 is 11.2 Å². The Bertz CT molecular complexity index is 1170. The molecule has 0 saturated heterocycles. The lowest BCUT2D eigenvalue weighted by atomic mass is 10.2. The molecule has 0 bridgehead atoms. The van der Waals surface area contributed by atoms with Crippen LogP contribution in [0.15, 0.2) is 45.1 Å². The molecule has 2 heterocycles. The van der Waals surface area contributed by atoms with E-state index in [0.29, 0.717) is 11.6 Å². The molecule has 0 atom stereocenters. The first-order chi connectivity index (χ1) is 15.4. The number of aromatic nitrogens is 5. The second-order valence-electron chi connectivity index (χ2n) is 7.21. The van der Waals surface area contributed by atoms with Crippen LogP contribution >= 0.6 is 11.8 Å². The van der Waals surface area contributed by atoms with Crippen LogP contribution in [0.25, 0.3) is 0 Å². The molecule has 10 nitrogen and oxygen atoms in total. The molecule has 0 saturated carbocycles. The number of H-pyrrole nitrogens is 2. The fraction of sp³-hybridized carbons (Fsp3) is 0.381. The minimum absolute atomic E-state index is 0.0189. The maximum atomic E-state index is 13.0. The van der Waals surface area contributed by atoms with Crippen LogP contribution in [0, 0.1) is 0 Å². The highest BCUT2D eigenvalue weighted by Gasteiger charge is 2.24. The number of nitrogen functional groups attached to an aromatic ring is 1. The Balaban J connectivity index is 1.87. The number of carbonyl (C=O) groups is 1. The summed E-state index contributed by atoms with van der Waals surface area (Å²) in [7, 11) is 0. The number of nitrogens with zero attached hydrogens (tertiary/aromatic N) is 4. The number of anilines is 2. The van der Waals surface area contributed by atoms with E-state index in [0.717, 1.165) is 24.2 Å². The molecule has 0 fully saturated rings. The van der Waals surface area contributed by atoms with E-state index in [1.165, 1.54) is 21.2 Å². The van der Waals surface area contributed by atoms with Crippen LogP contribution in [0.5, 0.6) is 0 Å². The number of aromatic amines is 2. The van der Waals surface area contributed by atoms with Gasteiger partial charge in [-0.1, -0.05) is 55.9 Å². The van der Waals surface area contributed by atoms with E-state index in [-0.39, 0.29) is 36.3 Å². The first-order valence-corrected chi connectivity index (χ1v) is 11.4. The number of aryl methyl sites for hydroxylation is 1. The molecular formula is C21H27N7O3S. The Kier molecular flexibility index (Phi) is 7.87. The van der Waals surface area contributed by atoms with Gasteiger partial charge in [-0.3, -0.25) is 24.2 Å². The molecule has 1 aromatic carbocycles. The van der Waals surface area contributed by atoms with Gasteiger partial charge in [0.1, 0.15) is 11.6 Å². The van der Waals surface area contributed by atoms with Gasteiger partial charge in [0.15, 0.2) is 5.69 Å². The van der Waals surface area contributed by atoms with Crippen molar-refractivity contribution in [1.29, 1.82) is 0 Å². The van der Waals surface area contributed by atoms with Crippen molar-refractivity contribution in [1.82, 2.24) is 24.7 Å². The van der Waals surface area contributed by atoms with Crippen LogP contribution in [0.2, 0.25) is 0 Å². The molecule has 0 spiro atoms. The second-order valence-corrected chi connectivity index (χ2v) is 8.16. The third-order valence-electron chi connectivity index (χ3n) is 4.74. The largest absolute Gasteiger partial charge is 0.383 e. The summed E-state index contributed by atoms with van der Waals surface area (Å²) in [4.78, 5) is 46.1. The van der Waals surface area contributed by atoms with Gasteiger partial charge in [0.05, 0.1) is 12.3 Å². The molecule has 0 aliphatic heterocycles. The SMILES string of the molecule is CCCc1nc(SCC(=O)N(CCC)c2c(N)n(Cc3ccccc3)c(=O)[nH]c2=O)n[nH]1. The lowest BCUT2D eigenvalue weighted by Gasteiger charge is -2.24. The van der Waals surface area contributed by atoms with Crippen molar-refractivity contribution in [2.75, 3.05) is 22.9 Å². The summed E-state index contributed by atoms with van der Waals surface area (Å²) in [6, 6.07) is 9.27. The normalized spacial score (nSPS) is 10.9. The molecular weight excluding hydrogens is 430 g/mol. The number of hydrogen-bond donors (Lipinski definition) is 3. The minimum Gasteiger partial charge on any atom is -0.383 e. The highest BCUT2D eigenvalue weighted by atomic mass is 32.2. The minimum atomic E-state index is -0.688. The summed E-state index contributed by atoms with van der Waals surface area (Å²) in [6.45, 7) is 4.39. The Morgan fingerprint density at radius 1 is 1.19 bits per heavy atom. The summed E-state index contributed by atoms with van der Waals surface area (Å²) in [5, 5.41) is 7.43. The molecule has 2 aromatic heterocycles. The molecule has 3 aromatic rings. The first-order valence-electron chi connectivity index (χ1n) is 10.5. The summed E-state index contributed by atoms with van der Waals surface area (Å²) in [5.74, 6) is 0.431. The van der Waals surface area contributed by atoms with Crippen LogP contribution < -0.4 is 21.9 Å². The molecule has 0 unspecified atom stereocenters. The zero-order valence-electron chi connectivity index (χ0n) is 18.1. The molecule has 32 heavy (non-hydrogen) atoms. The fourth-order valence-corrected chi connectivity index (χ4v) is 3.93. The summed E-state index contributed by atoms with van der Waals surface area (Å²) >= 11 is 1.18. The van der Waals surface area contributed by atoms with Crippen molar-refractivity contribution in [2.24, 2.45) is 0 Å².